The Kier molecular flexibility index (Phi) is 73.5. The van der Waals surface area contributed by atoms with Gasteiger partial charge in [0.15, 0.2) is 0 Å². The van der Waals surface area contributed by atoms with Gasteiger partial charge < -0.3 is 9.11 Å². The van der Waals surface area contributed by atoms with Crippen LogP contribution in [0.25, 0.3) is 0 Å². The number of benzene rings is 2. The van der Waals surface area contributed by atoms with Gasteiger partial charge in [0.25, 0.3) is 0 Å². The maximum atomic E-state index is 11.0. The summed E-state index contributed by atoms with van der Waals surface area (Å²) in [6.45, 7) is 4.60. The number of hydrogen-bond acceptors (Lipinski definition) is 6. The van der Waals surface area contributed by atoms with Crippen LogP contribution < -0.4 is 0 Å². The Hall–Kier alpha value is -0.974. The zero-order valence-electron chi connectivity index (χ0n) is 63.5. The molecule has 0 aromatic heterocycles. The van der Waals surface area contributed by atoms with Crippen molar-refractivity contribution in [2.45, 2.75) is 486 Å². The molecule has 6 nitrogen and oxygen atoms in total. The SMILES string of the molecule is CCCCCCCCCCCCCCCCCCCCCCCCCCCCCCCCCCCCCc1ccc(S(=O)(=O)[O-])cc1.CCCCCCCCCCCCCCCCCCCCCCCCCCCCCCCCCCCCCc1ccc(S(=O)(=O)[O-])cc1.[Mg+2]. The van der Waals surface area contributed by atoms with Gasteiger partial charge in [-0.2, -0.15) is 0 Å². The van der Waals surface area contributed by atoms with E-state index in [1.165, 1.54) is 461 Å². The van der Waals surface area contributed by atoms with Crippen molar-refractivity contribution >= 4 is 43.3 Å². The molecule has 2 aromatic rings. The summed E-state index contributed by atoms with van der Waals surface area (Å²) < 4.78 is 66.0. The molecule has 0 aliphatic heterocycles. The Balaban J connectivity index is 0.00000184. The second-order valence-electron chi connectivity index (χ2n) is 29.7. The van der Waals surface area contributed by atoms with Crippen molar-refractivity contribution in [1.29, 1.82) is 0 Å². The fourth-order valence-corrected chi connectivity index (χ4v) is 15.1. The Labute approximate surface area is 610 Å². The van der Waals surface area contributed by atoms with Crippen molar-refractivity contribution in [3.05, 3.63) is 59.7 Å². The predicted octanol–water partition coefficient (Wildman–Crippen LogP) is 29.2. The quantitative estimate of drug-likeness (QED) is 0.0370. The smallest absolute Gasteiger partial charge is 0.744 e. The Morgan fingerprint density at radius 2 is 0.295 bits per heavy atom. The van der Waals surface area contributed by atoms with Crippen molar-refractivity contribution in [2.24, 2.45) is 0 Å². The van der Waals surface area contributed by atoms with Crippen molar-refractivity contribution in [1.82, 2.24) is 0 Å². The molecule has 0 aliphatic carbocycles. The Morgan fingerprint density at radius 3 is 0.400 bits per heavy atom. The summed E-state index contributed by atoms with van der Waals surface area (Å²) in [7, 11) is -8.66. The fourth-order valence-electron chi connectivity index (χ4n) is 14.1. The van der Waals surface area contributed by atoms with Crippen molar-refractivity contribution in [3.63, 3.8) is 0 Å². The van der Waals surface area contributed by atoms with Crippen LogP contribution >= 0.6 is 0 Å². The van der Waals surface area contributed by atoms with Crippen LogP contribution in [-0.4, -0.2) is 49.0 Å². The van der Waals surface area contributed by atoms with Gasteiger partial charge in [-0.25, -0.2) is 16.8 Å². The molecule has 0 aliphatic rings. The average molecular weight is 1380 g/mol. The van der Waals surface area contributed by atoms with Crippen molar-refractivity contribution in [2.75, 3.05) is 0 Å². The van der Waals surface area contributed by atoms with E-state index >= 15 is 0 Å². The first-order valence-electron chi connectivity index (χ1n) is 42.2. The fraction of sp³-hybridized carbons (Fsp3) is 0.860. The zero-order valence-corrected chi connectivity index (χ0v) is 66.6. The van der Waals surface area contributed by atoms with E-state index < -0.39 is 20.2 Å². The van der Waals surface area contributed by atoms with Gasteiger partial charge in [-0.05, 0) is 61.1 Å². The van der Waals surface area contributed by atoms with Crippen molar-refractivity contribution < 1.29 is 25.9 Å². The van der Waals surface area contributed by atoms with Gasteiger partial charge in [0, 0.05) is 0 Å². The van der Waals surface area contributed by atoms with E-state index in [9.17, 15) is 25.9 Å². The van der Waals surface area contributed by atoms with Gasteiger partial charge in [-0.3, -0.25) is 0 Å². The molecular formula is C86H158MgO6S2. The largest absolute Gasteiger partial charge is 2.00 e. The summed E-state index contributed by atoms with van der Waals surface area (Å²) in [6.07, 6.45) is 102. The monoisotopic (exact) mass is 1380 g/mol. The third-order valence-corrected chi connectivity index (χ3v) is 22.3. The van der Waals surface area contributed by atoms with Crippen LogP contribution in [0.15, 0.2) is 58.3 Å². The minimum Gasteiger partial charge on any atom is -0.744 e. The minimum absolute atomic E-state index is 0. The van der Waals surface area contributed by atoms with Crippen LogP contribution in [0.1, 0.15) is 474 Å². The van der Waals surface area contributed by atoms with E-state index in [0.717, 1.165) is 36.8 Å². The number of aryl methyl sites for hydroxylation is 2. The van der Waals surface area contributed by atoms with E-state index in [1.807, 2.05) is 0 Å². The summed E-state index contributed by atoms with van der Waals surface area (Å²) in [6, 6.07) is 12.8. The molecule has 0 unspecified atom stereocenters. The molecule has 0 saturated carbocycles. The molecule has 0 radical (unpaired) electrons. The first kappa shape index (κ1) is 94.0. The molecule has 0 N–H and O–H groups in total. The molecule has 0 bridgehead atoms. The maximum absolute atomic E-state index is 11.0. The summed E-state index contributed by atoms with van der Waals surface area (Å²) in [5.41, 5.74) is 2.23. The van der Waals surface area contributed by atoms with Gasteiger partial charge in [-0.1, -0.05) is 475 Å². The van der Waals surface area contributed by atoms with Crippen LogP contribution in [0, 0.1) is 0 Å². The molecule has 0 atom stereocenters. The Morgan fingerprint density at radius 1 is 0.189 bits per heavy atom. The standard InChI is InChI=1S/2C43H80O3S.Mg/c2*1-2-3-4-5-6-7-8-9-10-11-12-13-14-15-16-17-18-19-20-21-22-23-24-25-26-27-28-29-30-31-32-33-34-35-36-37-42-38-40-43(41-39-42)47(44,45)46;/h2*38-41H,2-37H2,1H3,(H,44,45,46);/q;;+2/p-2. The van der Waals surface area contributed by atoms with Crippen LogP contribution in [0.3, 0.4) is 0 Å². The molecular weight excluding hydrogens is 1220 g/mol. The topological polar surface area (TPSA) is 114 Å². The molecule has 2 aromatic carbocycles. The van der Waals surface area contributed by atoms with Gasteiger partial charge in [0.05, 0.1) is 9.79 Å². The molecule has 0 fully saturated rings. The van der Waals surface area contributed by atoms with Gasteiger partial charge in [0.2, 0.25) is 0 Å². The molecule has 0 saturated heterocycles. The number of unbranched alkanes of at least 4 members (excludes halogenated alkanes) is 68. The normalized spacial score (nSPS) is 11.7. The van der Waals surface area contributed by atoms with Crippen LogP contribution in [0.4, 0.5) is 0 Å². The van der Waals surface area contributed by atoms with Gasteiger partial charge >= 0.3 is 23.1 Å². The van der Waals surface area contributed by atoms with E-state index in [1.54, 1.807) is 24.3 Å². The second-order valence-corrected chi connectivity index (χ2v) is 32.5. The van der Waals surface area contributed by atoms with E-state index in [4.69, 9.17) is 0 Å². The average Bonchev–Trinajstić information content (AvgIpc) is 1.10. The summed E-state index contributed by atoms with van der Waals surface area (Å²) in [5, 5.41) is 0. The molecule has 2 rings (SSSR count). The first-order chi connectivity index (χ1) is 46.1. The maximum Gasteiger partial charge on any atom is 2.00 e. The van der Waals surface area contributed by atoms with E-state index in [-0.39, 0.29) is 32.8 Å². The molecule has 0 heterocycles. The molecule has 552 valence electrons. The second kappa shape index (κ2) is 74.2. The van der Waals surface area contributed by atoms with Crippen molar-refractivity contribution in [3.8, 4) is 0 Å². The van der Waals surface area contributed by atoms with Gasteiger partial charge in [-0.15, -0.1) is 0 Å². The van der Waals surface area contributed by atoms with Crippen LogP contribution in [0.2, 0.25) is 0 Å². The van der Waals surface area contributed by atoms with Gasteiger partial charge in [0.1, 0.15) is 20.2 Å². The third kappa shape index (κ3) is 69.9. The minimum atomic E-state index is -4.33. The van der Waals surface area contributed by atoms with E-state index in [0.29, 0.717) is 0 Å². The molecule has 0 spiro atoms. The Bertz CT molecular complexity index is 1880. The molecule has 0 amide bonds. The number of rotatable bonds is 74. The third-order valence-electron chi connectivity index (χ3n) is 20.6. The zero-order chi connectivity index (χ0) is 67.9. The van der Waals surface area contributed by atoms with Crippen LogP contribution in [0.5, 0.6) is 0 Å². The summed E-state index contributed by atoms with van der Waals surface area (Å²) in [5.74, 6) is 0. The molecule has 9 heteroatoms. The van der Waals surface area contributed by atoms with Crippen LogP contribution in [-0.2, 0) is 33.1 Å². The predicted molar refractivity (Wildman–Crippen MR) is 417 cm³/mol. The van der Waals surface area contributed by atoms with E-state index in [2.05, 4.69) is 13.8 Å². The first-order valence-corrected chi connectivity index (χ1v) is 45.0. The summed E-state index contributed by atoms with van der Waals surface area (Å²) in [4.78, 5) is -0.264. The summed E-state index contributed by atoms with van der Waals surface area (Å²) >= 11 is 0. The number of hydrogen-bond donors (Lipinski definition) is 0. The molecule has 95 heavy (non-hydrogen) atoms.